The van der Waals surface area contributed by atoms with Gasteiger partial charge in [0.05, 0.1) is 16.4 Å². The zero-order chi connectivity index (χ0) is 15.8. The number of nitrogens with zero attached hydrogens (tertiary/aromatic N) is 2. The van der Waals surface area contributed by atoms with E-state index in [1.807, 2.05) is 39.1 Å². The number of hydrogen-bond acceptors (Lipinski definition) is 2. The smallest absolute Gasteiger partial charge is 0.0850 e. The first-order valence-corrected chi connectivity index (χ1v) is 8.25. The first-order chi connectivity index (χ1) is 9.76. The average Bonchev–Trinajstić information content (AvgIpc) is 2.65. The lowest BCUT2D eigenvalue weighted by Gasteiger charge is -2.26. The Kier molecular flexibility index (Phi) is 5.03. The van der Waals surface area contributed by atoms with Gasteiger partial charge in [-0.25, -0.2) is 0 Å². The van der Waals surface area contributed by atoms with Crippen LogP contribution >= 0.6 is 39.1 Å². The number of hydrogen-bond donors (Lipinski definition) is 1. The standard InChI is InChI=1S/C15H18BrCl2N3/c1-4-12-14(18)13(21(3)20-12)8-15(2,19)10-6-5-9(16)7-11(10)17/h5-7H,4,8,19H2,1-3H3. The number of aromatic nitrogens is 2. The lowest BCUT2D eigenvalue weighted by atomic mass is 9.88. The van der Waals surface area contributed by atoms with Crippen LogP contribution in [0.15, 0.2) is 22.7 Å². The zero-order valence-electron chi connectivity index (χ0n) is 12.3. The van der Waals surface area contributed by atoms with E-state index >= 15 is 0 Å². The number of halogens is 3. The summed E-state index contributed by atoms with van der Waals surface area (Å²) in [4.78, 5) is 0. The molecule has 6 heteroatoms. The molecule has 0 amide bonds. The van der Waals surface area contributed by atoms with Crippen molar-refractivity contribution in [2.24, 2.45) is 12.8 Å². The molecule has 0 saturated carbocycles. The quantitative estimate of drug-likeness (QED) is 0.836. The first kappa shape index (κ1) is 16.8. The lowest BCUT2D eigenvalue weighted by Crippen LogP contribution is -2.36. The molecule has 114 valence electrons. The largest absolute Gasteiger partial charge is 0.321 e. The van der Waals surface area contributed by atoms with Crippen LogP contribution in [-0.2, 0) is 25.4 Å². The Bertz CT molecular complexity index is 665. The van der Waals surface area contributed by atoms with E-state index in [9.17, 15) is 0 Å². The van der Waals surface area contributed by atoms with Crippen LogP contribution in [0.2, 0.25) is 10.0 Å². The molecule has 0 aliphatic heterocycles. The first-order valence-electron chi connectivity index (χ1n) is 6.71. The molecule has 2 aromatic rings. The summed E-state index contributed by atoms with van der Waals surface area (Å²) in [6.07, 6.45) is 1.36. The van der Waals surface area contributed by atoms with E-state index in [0.29, 0.717) is 16.5 Å². The van der Waals surface area contributed by atoms with Crippen LogP contribution in [0.3, 0.4) is 0 Å². The molecule has 3 nitrogen and oxygen atoms in total. The van der Waals surface area contributed by atoms with Gasteiger partial charge < -0.3 is 5.73 Å². The third-order valence-electron chi connectivity index (χ3n) is 3.58. The maximum absolute atomic E-state index is 6.51. The predicted octanol–water partition coefficient (Wildman–Crippen LogP) is 4.47. The molecule has 1 aromatic heterocycles. The van der Waals surface area contributed by atoms with Crippen LogP contribution in [0.25, 0.3) is 0 Å². The minimum atomic E-state index is -0.625. The van der Waals surface area contributed by atoms with Crippen LogP contribution in [0.4, 0.5) is 0 Å². The fourth-order valence-corrected chi connectivity index (χ4v) is 3.66. The molecule has 0 bridgehead atoms. The van der Waals surface area contributed by atoms with E-state index in [0.717, 1.165) is 27.8 Å². The van der Waals surface area contributed by atoms with Crippen molar-refractivity contribution in [2.45, 2.75) is 32.2 Å². The van der Waals surface area contributed by atoms with Crippen LogP contribution in [-0.4, -0.2) is 9.78 Å². The monoisotopic (exact) mass is 389 g/mol. The summed E-state index contributed by atoms with van der Waals surface area (Å²) in [6.45, 7) is 3.99. The second kappa shape index (κ2) is 6.29. The van der Waals surface area contributed by atoms with E-state index in [-0.39, 0.29) is 0 Å². The van der Waals surface area contributed by atoms with Crippen LogP contribution in [0, 0.1) is 0 Å². The van der Waals surface area contributed by atoms with Crippen molar-refractivity contribution in [1.29, 1.82) is 0 Å². The predicted molar refractivity (Wildman–Crippen MR) is 92.0 cm³/mol. The van der Waals surface area contributed by atoms with Gasteiger partial charge in [0.1, 0.15) is 0 Å². The fraction of sp³-hybridized carbons (Fsp3) is 0.400. The van der Waals surface area contributed by atoms with Gasteiger partial charge >= 0.3 is 0 Å². The lowest BCUT2D eigenvalue weighted by molar-refractivity contribution is 0.472. The van der Waals surface area contributed by atoms with Crippen molar-refractivity contribution in [3.05, 3.63) is 49.7 Å². The Morgan fingerprint density at radius 3 is 2.57 bits per heavy atom. The maximum atomic E-state index is 6.51. The molecule has 1 heterocycles. The van der Waals surface area contributed by atoms with Crippen molar-refractivity contribution in [3.63, 3.8) is 0 Å². The van der Waals surface area contributed by atoms with E-state index in [1.165, 1.54) is 0 Å². The van der Waals surface area contributed by atoms with E-state index in [2.05, 4.69) is 21.0 Å². The average molecular weight is 391 g/mol. The highest BCUT2D eigenvalue weighted by Gasteiger charge is 2.28. The Morgan fingerprint density at radius 1 is 1.38 bits per heavy atom. The van der Waals surface area contributed by atoms with Crippen LogP contribution in [0.1, 0.15) is 30.8 Å². The van der Waals surface area contributed by atoms with Gasteiger partial charge in [-0.05, 0) is 31.0 Å². The molecule has 0 radical (unpaired) electrons. The van der Waals surface area contributed by atoms with Gasteiger partial charge in [-0.3, -0.25) is 4.68 Å². The normalized spacial score (nSPS) is 14.2. The van der Waals surface area contributed by atoms with E-state index < -0.39 is 5.54 Å². The van der Waals surface area contributed by atoms with Crippen molar-refractivity contribution in [3.8, 4) is 0 Å². The summed E-state index contributed by atoms with van der Waals surface area (Å²) in [5.74, 6) is 0. The van der Waals surface area contributed by atoms with E-state index in [1.54, 1.807) is 4.68 Å². The molecule has 2 N–H and O–H groups in total. The van der Waals surface area contributed by atoms with Gasteiger partial charge in [0.15, 0.2) is 0 Å². The summed E-state index contributed by atoms with van der Waals surface area (Å²) in [5, 5.41) is 5.77. The Hall–Kier alpha value is -0.550. The van der Waals surface area contributed by atoms with Crippen molar-refractivity contribution in [2.75, 3.05) is 0 Å². The Labute approximate surface area is 143 Å². The van der Waals surface area contributed by atoms with Crippen molar-refractivity contribution in [1.82, 2.24) is 9.78 Å². The molecule has 0 spiro atoms. The Morgan fingerprint density at radius 2 is 2.05 bits per heavy atom. The molecule has 1 atom stereocenters. The van der Waals surface area contributed by atoms with Crippen LogP contribution in [0.5, 0.6) is 0 Å². The molecule has 0 fully saturated rings. The van der Waals surface area contributed by atoms with Crippen molar-refractivity contribution >= 4 is 39.1 Å². The number of benzene rings is 1. The molecule has 0 aliphatic carbocycles. The maximum Gasteiger partial charge on any atom is 0.0850 e. The Balaban J connectivity index is 2.39. The molecule has 0 aliphatic rings. The highest BCUT2D eigenvalue weighted by molar-refractivity contribution is 9.10. The summed E-state index contributed by atoms with van der Waals surface area (Å²) < 4.78 is 2.73. The highest BCUT2D eigenvalue weighted by atomic mass is 79.9. The van der Waals surface area contributed by atoms with Gasteiger partial charge in [0, 0.05) is 28.5 Å². The number of rotatable bonds is 4. The van der Waals surface area contributed by atoms with Gasteiger partial charge in [0.2, 0.25) is 0 Å². The molecule has 21 heavy (non-hydrogen) atoms. The second-order valence-electron chi connectivity index (χ2n) is 5.40. The molecule has 1 unspecified atom stereocenters. The minimum Gasteiger partial charge on any atom is -0.321 e. The zero-order valence-corrected chi connectivity index (χ0v) is 15.3. The summed E-state index contributed by atoms with van der Waals surface area (Å²) in [5.41, 5.74) is 8.60. The fourth-order valence-electron chi connectivity index (χ4n) is 2.41. The minimum absolute atomic E-state index is 0.566. The molecular weight excluding hydrogens is 373 g/mol. The molecule has 2 rings (SSSR count). The third-order valence-corrected chi connectivity index (χ3v) is 4.83. The summed E-state index contributed by atoms with van der Waals surface area (Å²) >= 11 is 16.1. The van der Waals surface area contributed by atoms with Gasteiger partial charge in [-0.1, -0.05) is 52.1 Å². The third kappa shape index (κ3) is 3.45. The number of aryl methyl sites for hydroxylation is 2. The van der Waals surface area contributed by atoms with Gasteiger partial charge in [-0.2, -0.15) is 5.10 Å². The van der Waals surface area contributed by atoms with Crippen LogP contribution < -0.4 is 5.73 Å². The van der Waals surface area contributed by atoms with E-state index in [4.69, 9.17) is 28.9 Å². The van der Waals surface area contributed by atoms with Gasteiger partial charge in [-0.15, -0.1) is 0 Å². The molecule has 1 aromatic carbocycles. The topological polar surface area (TPSA) is 43.8 Å². The number of nitrogens with two attached hydrogens (primary N) is 1. The van der Waals surface area contributed by atoms with Gasteiger partial charge in [0.25, 0.3) is 0 Å². The second-order valence-corrected chi connectivity index (χ2v) is 7.10. The molecular formula is C15H18BrCl2N3. The highest BCUT2D eigenvalue weighted by Crippen LogP contribution is 2.33. The summed E-state index contributed by atoms with van der Waals surface area (Å²) in [6, 6.07) is 5.73. The van der Waals surface area contributed by atoms with Crippen molar-refractivity contribution < 1.29 is 0 Å². The SMILES string of the molecule is CCc1nn(C)c(CC(C)(N)c2ccc(Br)cc2Cl)c1Cl. The molecule has 0 saturated heterocycles. The summed E-state index contributed by atoms with van der Waals surface area (Å²) in [7, 11) is 1.89.